The second-order valence-electron chi connectivity index (χ2n) is 5.80. The molecule has 0 unspecified atom stereocenters. The van der Waals surface area contributed by atoms with Crippen LogP contribution in [0.1, 0.15) is 19.9 Å². The van der Waals surface area contributed by atoms with Crippen LogP contribution < -0.4 is 20.3 Å². The van der Waals surface area contributed by atoms with E-state index in [9.17, 15) is 9.59 Å². The fraction of sp³-hybridized carbons (Fsp3) is 0.375. The Labute approximate surface area is 154 Å². The highest BCUT2D eigenvalue weighted by molar-refractivity contribution is 7.99. The van der Waals surface area contributed by atoms with Crippen molar-refractivity contribution in [1.82, 2.24) is 25.6 Å². The molecule has 2 heterocycles. The van der Waals surface area contributed by atoms with Gasteiger partial charge in [0, 0.05) is 6.04 Å². The van der Waals surface area contributed by atoms with E-state index in [1.165, 1.54) is 11.8 Å². The van der Waals surface area contributed by atoms with Gasteiger partial charge in [0.05, 0.1) is 5.75 Å². The number of nitrogens with one attached hydrogen (secondary N) is 2. The minimum atomic E-state index is -0.832. The number of thioether (sulfide) groups is 1. The summed E-state index contributed by atoms with van der Waals surface area (Å²) in [5, 5.41) is 8.45. The molecule has 0 saturated carbocycles. The molecule has 0 fully saturated rings. The van der Waals surface area contributed by atoms with Crippen molar-refractivity contribution in [2.75, 3.05) is 12.4 Å². The van der Waals surface area contributed by atoms with Gasteiger partial charge in [0.15, 0.2) is 16.7 Å². The average Bonchev–Trinajstić information content (AvgIpc) is 3.13. The Kier molecular flexibility index (Phi) is 5.61. The maximum atomic E-state index is 12.1. The minimum absolute atomic E-state index is 0.0744. The van der Waals surface area contributed by atoms with Crippen LogP contribution in [0.25, 0.3) is 0 Å². The Morgan fingerprint density at radius 1 is 1.31 bits per heavy atom. The number of hydrazine groups is 1. The molecule has 138 valence electrons. The molecule has 1 aliphatic heterocycles. The number of rotatable bonds is 5. The molecule has 1 atom stereocenters. The standard InChI is InChI=1S/C16H19N5O4S/c1-10(2)21-9-17-20-16(21)26-8-14(22)18-19-15(23)13-7-24-11-5-3-4-6-12(11)25-13/h3-6,9-10,13H,7-8H2,1-2H3,(H,18,22)(H,19,23)/t13-/m0/s1. The number of hydrogen-bond acceptors (Lipinski definition) is 7. The zero-order valence-corrected chi connectivity index (χ0v) is 15.2. The second kappa shape index (κ2) is 8.09. The lowest BCUT2D eigenvalue weighted by atomic mass is 10.2. The molecule has 0 saturated heterocycles. The fourth-order valence-corrected chi connectivity index (χ4v) is 3.06. The first kappa shape index (κ1) is 18.1. The van der Waals surface area contributed by atoms with Crippen molar-refractivity contribution in [3.8, 4) is 11.5 Å². The molecular weight excluding hydrogens is 358 g/mol. The average molecular weight is 377 g/mol. The summed E-state index contributed by atoms with van der Waals surface area (Å²) in [5.74, 6) is 0.332. The molecular formula is C16H19N5O4S. The number of para-hydroxylation sites is 2. The first-order chi connectivity index (χ1) is 12.5. The molecule has 0 bridgehead atoms. The van der Waals surface area contributed by atoms with Crippen molar-refractivity contribution in [1.29, 1.82) is 0 Å². The lowest BCUT2D eigenvalue weighted by Gasteiger charge is -2.25. The normalized spacial score (nSPS) is 15.6. The molecule has 2 N–H and O–H groups in total. The molecule has 10 heteroatoms. The van der Waals surface area contributed by atoms with E-state index in [-0.39, 0.29) is 24.3 Å². The van der Waals surface area contributed by atoms with Crippen LogP contribution in [0.15, 0.2) is 35.7 Å². The smallest absolute Gasteiger partial charge is 0.283 e. The van der Waals surface area contributed by atoms with Gasteiger partial charge in [0.2, 0.25) is 12.0 Å². The topological polar surface area (TPSA) is 107 Å². The number of carbonyl (C=O) groups is 2. The summed E-state index contributed by atoms with van der Waals surface area (Å²) in [6, 6.07) is 7.28. The van der Waals surface area contributed by atoms with E-state index in [0.717, 1.165) is 0 Å². The Balaban J connectivity index is 1.44. The summed E-state index contributed by atoms with van der Waals surface area (Å²) in [6.45, 7) is 4.07. The van der Waals surface area contributed by atoms with Gasteiger partial charge in [0.1, 0.15) is 12.9 Å². The van der Waals surface area contributed by atoms with Gasteiger partial charge in [-0.05, 0) is 26.0 Å². The first-order valence-electron chi connectivity index (χ1n) is 8.04. The summed E-state index contributed by atoms with van der Waals surface area (Å²) in [6.07, 6.45) is 0.784. The Morgan fingerprint density at radius 2 is 2.08 bits per heavy atom. The van der Waals surface area contributed by atoms with Crippen LogP contribution in [0.4, 0.5) is 0 Å². The van der Waals surface area contributed by atoms with E-state index in [1.807, 2.05) is 24.5 Å². The van der Waals surface area contributed by atoms with E-state index in [1.54, 1.807) is 24.5 Å². The maximum absolute atomic E-state index is 12.1. The number of hydrogen-bond donors (Lipinski definition) is 2. The predicted octanol–water partition coefficient (Wildman–Crippen LogP) is 0.939. The van der Waals surface area contributed by atoms with Crippen LogP contribution in [-0.2, 0) is 9.59 Å². The van der Waals surface area contributed by atoms with Gasteiger partial charge in [-0.1, -0.05) is 23.9 Å². The lowest BCUT2D eigenvalue weighted by molar-refractivity contribution is -0.134. The predicted molar refractivity (Wildman–Crippen MR) is 93.8 cm³/mol. The van der Waals surface area contributed by atoms with Crippen molar-refractivity contribution < 1.29 is 19.1 Å². The highest BCUT2D eigenvalue weighted by Crippen LogP contribution is 2.30. The van der Waals surface area contributed by atoms with E-state index in [0.29, 0.717) is 16.7 Å². The number of carbonyl (C=O) groups excluding carboxylic acids is 2. The Hall–Kier alpha value is -2.75. The number of ether oxygens (including phenoxy) is 2. The van der Waals surface area contributed by atoms with Gasteiger partial charge in [-0.25, -0.2) is 0 Å². The third-order valence-electron chi connectivity index (χ3n) is 3.56. The molecule has 0 aliphatic carbocycles. The number of amides is 2. The van der Waals surface area contributed by atoms with Gasteiger partial charge in [-0.2, -0.15) is 0 Å². The van der Waals surface area contributed by atoms with E-state index >= 15 is 0 Å². The number of fused-ring (bicyclic) bond motifs is 1. The molecule has 0 radical (unpaired) electrons. The number of benzene rings is 1. The largest absolute Gasteiger partial charge is 0.485 e. The lowest BCUT2D eigenvalue weighted by Crippen LogP contribution is -2.51. The third-order valence-corrected chi connectivity index (χ3v) is 4.51. The fourth-order valence-electron chi connectivity index (χ4n) is 2.22. The van der Waals surface area contributed by atoms with Crippen LogP contribution >= 0.6 is 11.8 Å². The van der Waals surface area contributed by atoms with Crippen LogP contribution in [0.3, 0.4) is 0 Å². The van der Waals surface area contributed by atoms with Gasteiger partial charge in [-0.15, -0.1) is 10.2 Å². The molecule has 2 aromatic rings. The summed E-state index contributed by atoms with van der Waals surface area (Å²) in [5.41, 5.74) is 4.71. The van der Waals surface area contributed by atoms with Gasteiger partial charge >= 0.3 is 0 Å². The molecule has 9 nitrogen and oxygen atoms in total. The summed E-state index contributed by atoms with van der Waals surface area (Å²) < 4.78 is 12.9. The van der Waals surface area contributed by atoms with Crippen LogP contribution in [0.2, 0.25) is 0 Å². The van der Waals surface area contributed by atoms with Crippen LogP contribution in [0, 0.1) is 0 Å². The molecule has 26 heavy (non-hydrogen) atoms. The molecule has 1 aliphatic rings. The minimum Gasteiger partial charge on any atom is -0.485 e. The third kappa shape index (κ3) is 4.26. The van der Waals surface area contributed by atoms with Crippen molar-refractivity contribution >= 4 is 23.6 Å². The maximum Gasteiger partial charge on any atom is 0.283 e. The molecule has 1 aromatic heterocycles. The van der Waals surface area contributed by atoms with Crippen molar-refractivity contribution in [3.05, 3.63) is 30.6 Å². The van der Waals surface area contributed by atoms with Crippen molar-refractivity contribution in [2.24, 2.45) is 0 Å². The zero-order valence-electron chi connectivity index (χ0n) is 14.3. The van der Waals surface area contributed by atoms with Crippen LogP contribution in [0.5, 0.6) is 11.5 Å². The SMILES string of the molecule is CC(C)n1cnnc1SCC(=O)NNC(=O)[C@@H]1COc2ccccc2O1. The quantitative estimate of drug-likeness (QED) is 0.590. The highest BCUT2D eigenvalue weighted by atomic mass is 32.2. The van der Waals surface area contributed by atoms with Crippen molar-refractivity contribution in [2.45, 2.75) is 31.1 Å². The van der Waals surface area contributed by atoms with Gasteiger partial charge in [0.25, 0.3) is 5.91 Å². The zero-order chi connectivity index (χ0) is 18.5. The summed E-state index contributed by atoms with van der Waals surface area (Å²) >= 11 is 1.24. The molecule has 1 aromatic carbocycles. The Bertz CT molecular complexity index is 794. The van der Waals surface area contributed by atoms with E-state index < -0.39 is 12.0 Å². The van der Waals surface area contributed by atoms with E-state index in [4.69, 9.17) is 9.47 Å². The summed E-state index contributed by atoms with van der Waals surface area (Å²) in [7, 11) is 0. The van der Waals surface area contributed by atoms with Gasteiger partial charge in [-0.3, -0.25) is 20.4 Å². The van der Waals surface area contributed by atoms with E-state index in [2.05, 4.69) is 21.0 Å². The first-order valence-corrected chi connectivity index (χ1v) is 9.02. The molecule has 0 spiro atoms. The number of nitrogens with zero attached hydrogens (tertiary/aromatic N) is 3. The number of aromatic nitrogens is 3. The summed E-state index contributed by atoms with van der Waals surface area (Å²) in [4.78, 5) is 24.1. The molecule has 2 amide bonds. The Morgan fingerprint density at radius 3 is 2.85 bits per heavy atom. The monoisotopic (exact) mass is 377 g/mol. The second-order valence-corrected chi connectivity index (χ2v) is 6.75. The van der Waals surface area contributed by atoms with Gasteiger partial charge < -0.3 is 14.0 Å². The highest BCUT2D eigenvalue weighted by Gasteiger charge is 2.27. The van der Waals surface area contributed by atoms with Crippen molar-refractivity contribution in [3.63, 3.8) is 0 Å². The van der Waals surface area contributed by atoms with Crippen LogP contribution in [-0.4, -0.2) is 45.0 Å². The molecule has 3 rings (SSSR count).